The minimum absolute atomic E-state index is 0.156. The molecule has 0 spiro atoms. The van der Waals surface area contributed by atoms with Crippen molar-refractivity contribution >= 4 is 47.8 Å². The number of carbonyl (C=O) groups is 2. The monoisotopic (exact) mass is 412 g/mol. The van der Waals surface area contributed by atoms with Crippen molar-refractivity contribution in [1.82, 2.24) is 9.47 Å². The van der Waals surface area contributed by atoms with Crippen LogP contribution < -0.4 is 5.41 Å². The summed E-state index contributed by atoms with van der Waals surface area (Å²) in [5, 5.41) is 24.6. The zero-order valence-corrected chi connectivity index (χ0v) is 16.2. The molecule has 11 heteroatoms. The average Bonchev–Trinajstić information content (AvgIpc) is 3.09. The molecule has 27 heavy (non-hydrogen) atoms. The Hall–Kier alpha value is -1.98. The molecule has 146 valence electrons. The predicted molar refractivity (Wildman–Crippen MR) is 106 cm³/mol. The van der Waals surface area contributed by atoms with Gasteiger partial charge in [0.15, 0.2) is 0 Å². The Morgan fingerprint density at radius 2 is 2.22 bits per heavy atom. The third-order valence-corrected chi connectivity index (χ3v) is 6.11. The highest BCUT2D eigenvalue weighted by Gasteiger charge is 2.40. The lowest BCUT2D eigenvalue weighted by Gasteiger charge is -2.38. The number of nitrogens with zero attached hydrogens (tertiary/aromatic N) is 3. The van der Waals surface area contributed by atoms with Gasteiger partial charge in [-0.05, 0) is 12.1 Å². The van der Waals surface area contributed by atoms with Crippen LogP contribution in [0.3, 0.4) is 0 Å². The number of nitrogens with two attached hydrogens (primary N) is 1. The lowest BCUT2D eigenvalue weighted by Crippen LogP contribution is -2.52. The summed E-state index contributed by atoms with van der Waals surface area (Å²) in [5.41, 5.74) is 1.39. The Kier molecular flexibility index (Phi) is 8.20. The maximum atomic E-state index is 13.2. The minimum Gasteiger partial charge on any atom is -0.390 e. The van der Waals surface area contributed by atoms with E-state index in [0.717, 1.165) is 5.69 Å². The van der Waals surface area contributed by atoms with Crippen molar-refractivity contribution in [1.29, 1.82) is 5.41 Å². The van der Waals surface area contributed by atoms with Crippen molar-refractivity contribution in [2.24, 2.45) is 5.18 Å². The summed E-state index contributed by atoms with van der Waals surface area (Å²) in [6.45, 7) is -0.0527. The smallest absolute Gasteiger partial charge is 0.309 e. The number of amides is 2. The summed E-state index contributed by atoms with van der Waals surface area (Å²) in [6.07, 6.45) is 2.69. The molecule has 0 saturated heterocycles. The molecule has 0 bridgehead atoms. The van der Waals surface area contributed by atoms with E-state index in [-0.39, 0.29) is 24.8 Å². The SMILES string of the molecule is N=CCSCC1C(=O)N(C(CSCC=[NH2+])C(=O)N=O)Cc2ccc(CO)n21. The Morgan fingerprint density at radius 3 is 2.85 bits per heavy atom. The van der Waals surface area contributed by atoms with Crippen LogP contribution in [-0.4, -0.2) is 67.9 Å². The number of rotatable bonds is 11. The molecule has 1 aromatic heterocycles. The molecule has 2 atom stereocenters. The van der Waals surface area contributed by atoms with Crippen molar-refractivity contribution < 1.29 is 20.1 Å². The van der Waals surface area contributed by atoms with Crippen molar-refractivity contribution in [3.05, 3.63) is 28.4 Å². The summed E-state index contributed by atoms with van der Waals surface area (Å²) in [5.74, 6) is 0.353. The second-order valence-electron chi connectivity index (χ2n) is 5.79. The molecule has 2 rings (SSSR count). The van der Waals surface area contributed by atoms with Crippen molar-refractivity contribution in [3.63, 3.8) is 0 Å². The van der Waals surface area contributed by atoms with Crippen LogP contribution in [0.4, 0.5) is 0 Å². The van der Waals surface area contributed by atoms with Gasteiger partial charge in [-0.3, -0.25) is 15.0 Å². The number of aromatic nitrogens is 1. The molecule has 1 aliphatic rings. The van der Waals surface area contributed by atoms with Gasteiger partial charge in [-0.1, -0.05) is 0 Å². The van der Waals surface area contributed by atoms with Gasteiger partial charge in [0, 0.05) is 40.0 Å². The Morgan fingerprint density at radius 1 is 1.44 bits per heavy atom. The lowest BCUT2D eigenvalue weighted by molar-refractivity contribution is -0.143. The lowest BCUT2D eigenvalue weighted by atomic mass is 10.1. The zero-order chi connectivity index (χ0) is 19.8. The Balaban J connectivity index is 2.34. The molecule has 0 radical (unpaired) electrons. The topological polar surface area (TPSA) is 141 Å². The zero-order valence-electron chi connectivity index (χ0n) is 14.6. The van der Waals surface area contributed by atoms with Crippen LogP contribution in [0, 0.1) is 10.3 Å². The number of aliphatic hydroxyl groups is 1. The van der Waals surface area contributed by atoms with Crippen LogP contribution >= 0.6 is 23.5 Å². The molecule has 0 saturated carbocycles. The molecule has 0 aromatic carbocycles. The summed E-state index contributed by atoms with van der Waals surface area (Å²) in [6, 6.07) is 1.96. The minimum atomic E-state index is -0.962. The molecule has 0 aliphatic carbocycles. The number of thioether (sulfide) groups is 2. The molecule has 1 aliphatic heterocycles. The number of aliphatic hydroxyl groups excluding tert-OH is 1. The summed E-state index contributed by atoms with van der Waals surface area (Å²) in [7, 11) is 0. The number of carbonyl (C=O) groups excluding carboxylic acids is 2. The summed E-state index contributed by atoms with van der Waals surface area (Å²) >= 11 is 2.75. The highest BCUT2D eigenvalue weighted by molar-refractivity contribution is 8.00. The average molecular weight is 413 g/mol. The van der Waals surface area contributed by atoms with Crippen LogP contribution in [-0.2, 0) is 22.7 Å². The fourth-order valence-electron chi connectivity index (χ4n) is 3.00. The van der Waals surface area contributed by atoms with Crippen molar-refractivity contribution in [3.8, 4) is 0 Å². The quantitative estimate of drug-likeness (QED) is 0.253. The molecule has 0 fully saturated rings. The van der Waals surface area contributed by atoms with E-state index in [9.17, 15) is 19.6 Å². The fourth-order valence-corrected chi connectivity index (χ4v) is 4.59. The normalized spacial score (nSPS) is 17.3. The standard InChI is InChI=1S/C16H21N5O4S2/c17-3-5-26-9-13(15(23)19-25)20-7-11-1-2-12(8-22)21(11)14(16(20)24)10-27-6-4-18/h1-4,13-14,17-18,22H,5-10H2/p+1. The summed E-state index contributed by atoms with van der Waals surface area (Å²) < 4.78 is 1.78. The molecule has 1 aromatic rings. The van der Waals surface area contributed by atoms with Gasteiger partial charge in [0.05, 0.1) is 18.9 Å². The number of nitroso groups, excluding NO2 is 1. The van der Waals surface area contributed by atoms with E-state index in [1.54, 1.807) is 16.7 Å². The van der Waals surface area contributed by atoms with Crippen LogP contribution in [0.25, 0.3) is 0 Å². The first kappa shape index (κ1) is 21.3. The maximum Gasteiger partial charge on any atom is 0.309 e. The first-order valence-electron chi connectivity index (χ1n) is 8.24. The number of nitrogens with one attached hydrogen (secondary N) is 1. The van der Waals surface area contributed by atoms with Crippen LogP contribution in [0.5, 0.6) is 0 Å². The van der Waals surface area contributed by atoms with E-state index in [4.69, 9.17) is 10.8 Å². The molecular formula is C16H22N5O4S2+. The highest BCUT2D eigenvalue weighted by atomic mass is 32.2. The Bertz CT molecular complexity index is 724. The van der Waals surface area contributed by atoms with Gasteiger partial charge in [-0.25, -0.2) is 0 Å². The molecule has 2 heterocycles. The van der Waals surface area contributed by atoms with Crippen LogP contribution in [0.2, 0.25) is 0 Å². The van der Waals surface area contributed by atoms with E-state index in [1.165, 1.54) is 40.9 Å². The van der Waals surface area contributed by atoms with Crippen LogP contribution in [0.15, 0.2) is 17.3 Å². The molecule has 4 N–H and O–H groups in total. The van der Waals surface area contributed by atoms with Gasteiger partial charge in [-0.15, -0.1) is 16.7 Å². The van der Waals surface area contributed by atoms with E-state index >= 15 is 0 Å². The van der Waals surface area contributed by atoms with E-state index in [1.807, 2.05) is 0 Å². The van der Waals surface area contributed by atoms with Gasteiger partial charge in [0.25, 0.3) is 0 Å². The van der Waals surface area contributed by atoms with Gasteiger partial charge < -0.3 is 20.0 Å². The molecule has 2 unspecified atom stereocenters. The molecule has 9 nitrogen and oxygen atoms in total. The third kappa shape index (κ3) is 4.85. The second kappa shape index (κ2) is 10.4. The van der Waals surface area contributed by atoms with Crippen LogP contribution in [0.1, 0.15) is 17.4 Å². The van der Waals surface area contributed by atoms with E-state index in [2.05, 4.69) is 5.18 Å². The number of hydrogen-bond donors (Lipinski definition) is 3. The predicted octanol–water partition coefficient (Wildman–Crippen LogP) is -0.529. The number of fused-ring (bicyclic) bond motifs is 1. The van der Waals surface area contributed by atoms with Gasteiger partial charge in [-0.2, -0.15) is 11.8 Å². The summed E-state index contributed by atoms with van der Waals surface area (Å²) in [4.78, 5) is 37.5. The van der Waals surface area contributed by atoms with E-state index < -0.39 is 18.0 Å². The first-order valence-corrected chi connectivity index (χ1v) is 10.5. The molecule has 2 amide bonds. The van der Waals surface area contributed by atoms with E-state index in [0.29, 0.717) is 23.0 Å². The second-order valence-corrected chi connectivity index (χ2v) is 7.94. The highest BCUT2D eigenvalue weighted by Crippen LogP contribution is 2.31. The van der Waals surface area contributed by atoms with Gasteiger partial charge >= 0.3 is 5.91 Å². The maximum absolute atomic E-state index is 13.2. The Labute approximate surface area is 164 Å². The third-order valence-electron chi connectivity index (χ3n) is 4.18. The van der Waals surface area contributed by atoms with Crippen molar-refractivity contribution in [2.75, 3.05) is 23.0 Å². The molecular weight excluding hydrogens is 390 g/mol. The van der Waals surface area contributed by atoms with Gasteiger partial charge in [0.1, 0.15) is 18.3 Å². The van der Waals surface area contributed by atoms with Gasteiger partial charge in [0.2, 0.25) is 5.91 Å². The van der Waals surface area contributed by atoms with Crippen molar-refractivity contribution in [2.45, 2.75) is 25.2 Å². The largest absolute Gasteiger partial charge is 0.390 e. The fraction of sp³-hybridized carbons (Fsp3) is 0.500. The number of hydrogen-bond acceptors (Lipinski definition) is 7. The first-order chi connectivity index (χ1) is 13.1.